The molecule has 0 atom stereocenters. The lowest BCUT2D eigenvalue weighted by Crippen LogP contribution is -2.34. The summed E-state index contributed by atoms with van der Waals surface area (Å²) < 4.78 is 5.15. The summed E-state index contributed by atoms with van der Waals surface area (Å²) in [5.41, 5.74) is 0.848. The highest BCUT2D eigenvalue weighted by Gasteiger charge is 2.25. The quantitative estimate of drug-likeness (QED) is 0.384. The predicted octanol–water partition coefficient (Wildman–Crippen LogP) is 2.53. The lowest BCUT2D eigenvalue weighted by atomic mass is 10.1. The van der Waals surface area contributed by atoms with E-state index >= 15 is 0 Å². The monoisotopic (exact) mass is 316 g/mol. The molecule has 0 aliphatic rings. The Bertz CT molecular complexity index is 748. The van der Waals surface area contributed by atoms with E-state index < -0.39 is 17.7 Å². The number of fused-ring (bicyclic) bond motifs is 1. The zero-order valence-corrected chi connectivity index (χ0v) is 13.5. The average molecular weight is 316 g/mol. The Hall–Kier alpha value is -2.63. The largest absolute Gasteiger partial charge is 0.426 e. The number of carbonyl (C=O) groups is 3. The van der Waals surface area contributed by atoms with Crippen molar-refractivity contribution in [2.24, 2.45) is 0 Å². The molecule has 122 valence electrons. The van der Waals surface area contributed by atoms with Gasteiger partial charge in [-0.1, -0.05) is 19.4 Å². The molecule has 0 aliphatic carbocycles. The minimum absolute atomic E-state index is 0.213. The van der Waals surface area contributed by atoms with Crippen LogP contribution >= 0.6 is 0 Å². The van der Waals surface area contributed by atoms with E-state index in [0.717, 1.165) is 12.8 Å². The molecule has 0 radical (unpaired) electrons. The zero-order valence-electron chi connectivity index (χ0n) is 13.5. The van der Waals surface area contributed by atoms with Crippen molar-refractivity contribution < 1.29 is 19.1 Å². The first-order chi connectivity index (χ1) is 11.0. The molecule has 1 aromatic heterocycles. The van der Waals surface area contributed by atoms with Crippen LogP contribution in [0, 0.1) is 0 Å². The molecule has 6 heteroatoms. The van der Waals surface area contributed by atoms with Gasteiger partial charge in [0.25, 0.3) is 11.7 Å². The Morgan fingerprint density at radius 3 is 2.65 bits per heavy atom. The van der Waals surface area contributed by atoms with Crippen LogP contribution in [0.25, 0.3) is 10.9 Å². The van der Waals surface area contributed by atoms with E-state index in [4.69, 9.17) is 4.74 Å². The van der Waals surface area contributed by atoms with Crippen LogP contribution in [0.1, 0.15) is 37.0 Å². The Morgan fingerprint density at radius 2 is 2.00 bits per heavy atom. The van der Waals surface area contributed by atoms with Crippen molar-refractivity contribution in [3.63, 3.8) is 0 Å². The molecule has 0 saturated carbocycles. The van der Waals surface area contributed by atoms with Gasteiger partial charge in [0.1, 0.15) is 5.75 Å². The molecule has 1 N–H and O–H groups in total. The van der Waals surface area contributed by atoms with Gasteiger partial charge in [-0.25, -0.2) is 0 Å². The van der Waals surface area contributed by atoms with Crippen LogP contribution in [0.4, 0.5) is 0 Å². The Balaban J connectivity index is 2.37. The van der Waals surface area contributed by atoms with Crippen LogP contribution < -0.4 is 4.74 Å². The first-order valence-electron chi connectivity index (χ1n) is 7.54. The van der Waals surface area contributed by atoms with E-state index in [0.29, 0.717) is 17.4 Å². The number of hydrogen-bond donors (Lipinski definition) is 1. The molecule has 2 aromatic rings. The fourth-order valence-electron chi connectivity index (χ4n) is 2.36. The number of ketones is 1. The molecule has 0 spiro atoms. The maximum atomic E-state index is 12.5. The molecule has 0 aliphatic heterocycles. The number of esters is 1. The highest BCUT2D eigenvalue weighted by Crippen LogP contribution is 2.29. The molecule has 23 heavy (non-hydrogen) atoms. The van der Waals surface area contributed by atoms with E-state index in [1.807, 2.05) is 6.92 Å². The van der Waals surface area contributed by atoms with Gasteiger partial charge < -0.3 is 14.6 Å². The molecule has 6 nitrogen and oxygen atoms in total. The van der Waals surface area contributed by atoms with Crippen molar-refractivity contribution in [1.29, 1.82) is 0 Å². The number of hydrogen-bond acceptors (Lipinski definition) is 4. The van der Waals surface area contributed by atoms with Crippen LogP contribution in [0.3, 0.4) is 0 Å². The first kappa shape index (κ1) is 16.7. The van der Waals surface area contributed by atoms with Crippen LogP contribution in [-0.4, -0.2) is 41.1 Å². The van der Waals surface area contributed by atoms with Gasteiger partial charge >= 0.3 is 5.97 Å². The number of benzene rings is 1. The number of ether oxygens (including phenoxy) is 1. The third kappa shape index (κ3) is 3.59. The first-order valence-corrected chi connectivity index (χ1v) is 7.54. The number of carbonyl (C=O) groups excluding carboxylic acids is 3. The molecule has 1 heterocycles. The molecule has 0 bridgehead atoms. The summed E-state index contributed by atoms with van der Waals surface area (Å²) >= 11 is 0. The molecule has 0 saturated heterocycles. The number of H-pyrrole nitrogens is 1. The minimum Gasteiger partial charge on any atom is -0.426 e. The normalized spacial score (nSPS) is 10.6. The molecular weight excluding hydrogens is 296 g/mol. The van der Waals surface area contributed by atoms with Crippen molar-refractivity contribution in [2.75, 3.05) is 13.6 Å². The number of aromatic nitrogens is 1. The van der Waals surface area contributed by atoms with Gasteiger partial charge in [0, 0.05) is 32.2 Å². The molecular formula is C17H20N2O4. The van der Waals surface area contributed by atoms with E-state index in [9.17, 15) is 14.4 Å². The summed E-state index contributed by atoms with van der Waals surface area (Å²) in [6, 6.07) is 5.06. The van der Waals surface area contributed by atoms with Crippen LogP contribution in [-0.2, 0) is 9.59 Å². The fraction of sp³-hybridized carbons (Fsp3) is 0.353. The van der Waals surface area contributed by atoms with Gasteiger partial charge in [-0.05, 0) is 18.6 Å². The van der Waals surface area contributed by atoms with Crippen molar-refractivity contribution in [2.45, 2.75) is 26.7 Å². The maximum absolute atomic E-state index is 12.5. The van der Waals surface area contributed by atoms with Gasteiger partial charge in [0.05, 0.1) is 10.9 Å². The number of rotatable bonds is 6. The van der Waals surface area contributed by atoms with Gasteiger partial charge in [0.15, 0.2) is 0 Å². The predicted molar refractivity (Wildman–Crippen MR) is 86.5 cm³/mol. The summed E-state index contributed by atoms with van der Waals surface area (Å²) in [5.74, 6) is -1.40. The minimum atomic E-state index is -0.616. The summed E-state index contributed by atoms with van der Waals surface area (Å²) in [6.45, 7) is 3.84. The second kappa shape index (κ2) is 7.09. The third-order valence-corrected chi connectivity index (χ3v) is 3.55. The Morgan fingerprint density at radius 1 is 1.26 bits per heavy atom. The number of unbranched alkanes of at least 4 members (excludes halogenated alkanes) is 1. The van der Waals surface area contributed by atoms with Gasteiger partial charge in [-0.15, -0.1) is 0 Å². The number of nitrogens with one attached hydrogen (secondary N) is 1. The van der Waals surface area contributed by atoms with Crippen molar-refractivity contribution in [3.8, 4) is 5.75 Å². The van der Waals surface area contributed by atoms with Crippen LogP contribution in [0.2, 0.25) is 0 Å². The SMILES string of the molecule is CCCCN(C)C(=O)C(=O)c1c[nH]c2cccc(OC(C)=O)c12. The van der Waals surface area contributed by atoms with E-state index in [1.165, 1.54) is 18.0 Å². The van der Waals surface area contributed by atoms with Crippen LogP contribution in [0.5, 0.6) is 5.75 Å². The van der Waals surface area contributed by atoms with Gasteiger partial charge in [0.2, 0.25) is 0 Å². The zero-order chi connectivity index (χ0) is 17.0. The lowest BCUT2D eigenvalue weighted by Gasteiger charge is -2.15. The van der Waals surface area contributed by atoms with E-state index in [-0.39, 0.29) is 11.3 Å². The number of nitrogens with zero attached hydrogens (tertiary/aromatic N) is 1. The second-order valence-electron chi connectivity index (χ2n) is 5.38. The standard InChI is InChI=1S/C17H20N2O4/c1-4-5-9-19(3)17(22)16(21)12-10-18-13-7-6-8-14(15(12)13)23-11(2)20/h6-8,10,18H,4-5,9H2,1-3H3. The number of likely N-dealkylation sites (N-methyl/N-ethyl adjacent to an activating group) is 1. The Kier molecular flexibility index (Phi) is 5.16. The van der Waals surface area contributed by atoms with Crippen LogP contribution in [0.15, 0.2) is 24.4 Å². The van der Waals surface area contributed by atoms with Crippen molar-refractivity contribution in [1.82, 2.24) is 9.88 Å². The third-order valence-electron chi connectivity index (χ3n) is 3.55. The highest BCUT2D eigenvalue weighted by molar-refractivity contribution is 6.45. The topological polar surface area (TPSA) is 79.5 Å². The van der Waals surface area contributed by atoms with Crippen molar-refractivity contribution in [3.05, 3.63) is 30.0 Å². The van der Waals surface area contributed by atoms with Gasteiger partial charge in [-0.2, -0.15) is 0 Å². The van der Waals surface area contributed by atoms with Gasteiger partial charge in [-0.3, -0.25) is 14.4 Å². The number of amides is 1. The smallest absolute Gasteiger partial charge is 0.308 e. The summed E-state index contributed by atoms with van der Waals surface area (Å²) in [6.07, 6.45) is 3.25. The summed E-state index contributed by atoms with van der Waals surface area (Å²) in [5, 5.41) is 0.449. The summed E-state index contributed by atoms with van der Waals surface area (Å²) in [4.78, 5) is 40.4. The van der Waals surface area contributed by atoms with E-state index in [2.05, 4.69) is 4.98 Å². The highest BCUT2D eigenvalue weighted by atomic mass is 16.5. The van der Waals surface area contributed by atoms with E-state index in [1.54, 1.807) is 25.2 Å². The fourth-order valence-corrected chi connectivity index (χ4v) is 2.36. The maximum Gasteiger partial charge on any atom is 0.308 e. The number of aromatic amines is 1. The summed E-state index contributed by atoms with van der Waals surface area (Å²) in [7, 11) is 1.61. The van der Waals surface area contributed by atoms with Crippen molar-refractivity contribution >= 4 is 28.6 Å². The second-order valence-corrected chi connectivity index (χ2v) is 5.38. The molecule has 0 unspecified atom stereocenters. The molecule has 2 rings (SSSR count). The molecule has 1 amide bonds. The molecule has 0 fully saturated rings. The molecule has 1 aromatic carbocycles. The lowest BCUT2D eigenvalue weighted by molar-refractivity contribution is -0.131. The number of Topliss-reactive ketones (excluding diaryl/α,β-unsaturated/α-hetero) is 1. The Labute approximate surface area is 134 Å². The average Bonchev–Trinajstić information content (AvgIpc) is 2.95.